The highest BCUT2D eigenvalue weighted by molar-refractivity contribution is 6.32. The second kappa shape index (κ2) is 7.14. The molecule has 0 heterocycles. The minimum Gasteiger partial charge on any atom is -0.493 e. The Bertz CT molecular complexity index is 636. The fourth-order valence-electron chi connectivity index (χ4n) is 1.98. The third-order valence-corrected chi connectivity index (χ3v) is 3.44. The number of aliphatic imine (C=N–C) groups is 1. The molecule has 0 bridgehead atoms. The van der Waals surface area contributed by atoms with E-state index in [0.717, 1.165) is 17.7 Å². The SMILES string of the molecule is CCc1ccc(N=Cc2cc(Cl)c(OC)c(OC)c2)cc1. The summed E-state index contributed by atoms with van der Waals surface area (Å²) >= 11 is 6.17. The number of benzene rings is 2. The zero-order chi connectivity index (χ0) is 15.2. The van der Waals surface area contributed by atoms with Crippen LogP contribution in [0, 0.1) is 0 Å². The molecule has 0 radical (unpaired) electrons. The van der Waals surface area contributed by atoms with E-state index in [0.29, 0.717) is 16.5 Å². The summed E-state index contributed by atoms with van der Waals surface area (Å²) in [4.78, 5) is 4.44. The number of rotatable bonds is 5. The molecule has 0 unspecified atom stereocenters. The third-order valence-electron chi connectivity index (χ3n) is 3.16. The van der Waals surface area contributed by atoms with Crippen molar-refractivity contribution in [2.24, 2.45) is 4.99 Å². The van der Waals surface area contributed by atoms with Crippen LogP contribution in [0.4, 0.5) is 5.69 Å². The minimum absolute atomic E-state index is 0.500. The van der Waals surface area contributed by atoms with E-state index in [9.17, 15) is 0 Å². The number of aryl methyl sites for hydroxylation is 1. The first kappa shape index (κ1) is 15.4. The molecule has 21 heavy (non-hydrogen) atoms. The van der Waals surface area contributed by atoms with Crippen LogP contribution in [0.2, 0.25) is 5.02 Å². The lowest BCUT2D eigenvalue weighted by Crippen LogP contribution is -1.93. The highest BCUT2D eigenvalue weighted by Gasteiger charge is 2.09. The number of hydrogen-bond acceptors (Lipinski definition) is 3. The van der Waals surface area contributed by atoms with Crippen LogP contribution in [0.1, 0.15) is 18.1 Å². The molecule has 0 atom stereocenters. The quantitative estimate of drug-likeness (QED) is 0.751. The molecule has 4 heteroatoms. The molecule has 0 spiro atoms. The van der Waals surface area contributed by atoms with Crippen LogP contribution < -0.4 is 9.47 Å². The van der Waals surface area contributed by atoms with Crippen molar-refractivity contribution in [3.05, 3.63) is 52.5 Å². The number of hydrogen-bond donors (Lipinski definition) is 0. The van der Waals surface area contributed by atoms with Crippen LogP contribution in [0.15, 0.2) is 41.4 Å². The number of nitrogens with zero attached hydrogens (tertiary/aromatic N) is 1. The Labute approximate surface area is 130 Å². The molecule has 0 aromatic heterocycles. The van der Waals surface area contributed by atoms with Gasteiger partial charge in [-0.3, -0.25) is 4.99 Å². The number of halogens is 1. The first-order chi connectivity index (χ1) is 10.2. The summed E-state index contributed by atoms with van der Waals surface area (Å²) in [5, 5.41) is 0.500. The second-order valence-electron chi connectivity index (χ2n) is 4.52. The lowest BCUT2D eigenvalue weighted by Gasteiger charge is -2.09. The molecule has 0 aliphatic rings. The lowest BCUT2D eigenvalue weighted by atomic mass is 10.1. The Morgan fingerprint density at radius 3 is 2.38 bits per heavy atom. The van der Waals surface area contributed by atoms with Crippen molar-refractivity contribution in [3.63, 3.8) is 0 Å². The fraction of sp³-hybridized carbons (Fsp3) is 0.235. The molecule has 0 fully saturated rings. The van der Waals surface area contributed by atoms with Crippen molar-refractivity contribution in [1.29, 1.82) is 0 Å². The first-order valence-electron chi connectivity index (χ1n) is 6.72. The van der Waals surface area contributed by atoms with E-state index in [1.807, 2.05) is 18.2 Å². The maximum absolute atomic E-state index is 6.17. The largest absolute Gasteiger partial charge is 0.493 e. The van der Waals surface area contributed by atoms with Gasteiger partial charge in [0.25, 0.3) is 0 Å². The van der Waals surface area contributed by atoms with Gasteiger partial charge in [0.1, 0.15) is 0 Å². The molecule has 0 saturated heterocycles. The van der Waals surface area contributed by atoms with Crippen LogP contribution >= 0.6 is 11.6 Å². The second-order valence-corrected chi connectivity index (χ2v) is 4.92. The van der Waals surface area contributed by atoms with Crippen molar-refractivity contribution in [1.82, 2.24) is 0 Å². The van der Waals surface area contributed by atoms with Crippen LogP contribution in [0.25, 0.3) is 0 Å². The highest BCUT2D eigenvalue weighted by atomic mass is 35.5. The molecule has 2 aromatic carbocycles. The first-order valence-corrected chi connectivity index (χ1v) is 7.10. The highest BCUT2D eigenvalue weighted by Crippen LogP contribution is 2.35. The van der Waals surface area contributed by atoms with E-state index in [1.54, 1.807) is 26.5 Å². The van der Waals surface area contributed by atoms with E-state index in [-0.39, 0.29) is 0 Å². The van der Waals surface area contributed by atoms with Crippen LogP contribution in [0.3, 0.4) is 0 Å². The molecule has 0 N–H and O–H groups in total. The van der Waals surface area contributed by atoms with Gasteiger partial charge < -0.3 is 9.47 Å². The standard InChI is InChI=1S/C17H18ClNO2/c1-4-12-5-7-14(8-6-12)19-11-13-9-15(18)17(21-3)16(10-13)20-2/h5-11H,4H2,1-3H3. The Morgan fingerprint density at radius 1 is 1.10 bits per heavy atom. The average Bonchev–Trinajstić information content (AvgIpc) is 2.52. The van der Waals surface area contributed by atoms with Gasteiger partial charge in [0, 0.05) is 6.21 Å². The molecule has 3 nitrogen and oxygen atoms in total. The minimum atomic E-state index is 0.500. The maximum Gasteiger partial charge on any atom is 0.179 e. The average molecular weight is 304 g/mol. The van der Waals surface area contributed by atoms with E-state index >= 15 is 0 Å². The maximum atomic E-state index is 6.17. The Balaban J connectivity index is 2.25. The van der Waals surface area contributed by atoms with Crippen molar-refractivity contribution >= 4 is 23.5 Å². The number of methoxy groups -OCH3 is 2. The van der Waals surface area contributed by atoms with E-state index < -0.39 is 0 Å². The summed E-state index contributed by atoms with van der Waals surface area (Å²) in [7, 11) is 3.14. The molecule has 2 aromatic rings. The van der Waals surface area contributed by atoms with E-state index in [2.05, 4.69) is 24.0 Å². The van der Waals surface area contributed by atoms with Gasteiger partial charge in [0.2, 0.25) is 0 Å². The van der Waals surface area contributed by atoms with Gasteiger partial charge >= 0.3 is 0 Å². The number of ether oxygens (including phenoxy) is 2. The fourth-order valence-corrected chi connectivity index (χ4v) is 2.28. The molecule has 0 amide bonds. The summed E-state index contributed by atoms with van der Waals surface area (Å²) in [5.74, 6) is 1.12. The van der Waals surface area contributed by atoms with Crippen LogP contribution in [0.5, 0.6) is 11.5 Å². The van der Waals surface area contributed by atoms with E-state index in [4.69, 9.17) is 21.1 Å². The molecular formula is C17H18ClNO2. The Hall–Kier alpha value is -2.00. The molecule has 0 aliphatic heterocycles. The molecule has 2 rings (SSSR count). The summed E-state index contributed by atoms with van der Waals surface area (Å²) in [5.41, 5.74) is 3.05. The molecule has 110 valence electrons. The molecule has 0 aliphatic carbocycles. The topological polar surface area (TPSA) is 30.8 Å². The summed E-state index contributed by atoms with van der Waals surface area (Å²) in [6, 6.07) is 11.8. The molecule has 0 saturated carbocycles. The van der Waals surface area contributed by atoms with Crippen molar-refractivity contribution in [3.8, 4) is 11.5 Å². The van der Waals surface area contributed by atoms with Gasteiger partial charge in [0.05, 0.1) is 24.9 Å². The zero-order valence-electron chi connectivity index (χ0n) is 12.4. The van der Waals surface area contributed by atoms with Crippen molar-refractivity contribution < 1.29 is 9.47 Å². The monoisotopic (exact) mass is 303 g/mol. The molecular weight excluding hydrogens is 286 g/mol. The zero-order valence-corrected chi connectivity index (χ0v) is 13.1. The van der Waals surface area contributed by atoms with Gasteiger partial charge in [-0.25, -0.2) is 0 Å². The summed E-state index contributed by atoms with van der Waals surface area (Å²) < 4.78 is 10.5. The Morgan fingerprint density at radius 2 is 1.81 bits per heavy atom. The van der Waals surface area contributed by atoms with Crippen LogP contribution in [-0.2, 0) is 6.42 Å². The normalized spacial score (nSPS) is 10.9. The van der Waals surface area contributed by atoms with E-state index in [1.165, 1.54) is 5.56 Å². The van der Waals surface area contributed by atoms with Gasteiger partial charge in [-0.05, 0) is 41.8 Å². The van der Waals surface area contributed by atoms with Gasteiger partial charge in [0.15, 0.2) is 11.5 Å². The van der Waals surface area contributed by atoms with Gasteiger partial charge in [-0.1, -0.05) is 30.7 Å². The van der Waals surface area contributed by atoms with Crippen molar-refractivity contribution in [2.45, 2.75) is 13.3 Å². The van der Waals surface area contributed by atoms with Crippen molar-refractivity contribution in [2.75, 3.05) is 14.2 Å². The predicted octanol–water partition coefficient (Wildman–Crippen LogP) is 4.67. The summed E-state index contributed by atoms with van der Waals surface area (Å²) in [6.07, 6.45) is 2.78. The van der Waals surface area contributed by atoms with Gasteiger partial charge in [-0.2, -0.15) is 0 Å². The smallest absolute Gasteiger partial charge is 0.179 e. The predicted molar refractivity (Wildman–Crippen MR) is 87.6 cm³/mol. The van der Waals surface area contributed by atoms with Crippen LogP contribution in [-0.4, -0.2) is 20.4 Å². The summed E-state index contributed by atoms with van der Waals surface area (Å²) in [6.45, 7) is 2.13. The lowest BCUT2D eigenvalue weighted by molar-refractivity contribution is 0.355. The Kier molecular flexibility index (Phi) is 5.23. The van der Waals surface area contributed by atoms with Gasteiger partial charge in [-0.15, -0.1) is 0 Å². The third kappa shape index (κ3) is 3.76.